The zero-order valence-electron chi connectivity index (χ0n) is 15.2. The molecule has 0 aliphatic rings. The molecule has 0 aliphatic heterocycles. The summed E-state index contributed by atoms with van der Waals surface area (Å²) in [5, 5.41) is 7.39. The topological polar surface area (TPSA) is 81.2 Å². The molecule has 0 aliphatic carbocycles. The molecule has 4 rings (SSSR count). The first-order valence-electron chi connectivity index (χ1n) is 8.87. The van der Waals surface area contributed by atoms with Crippen LogP contribution in [-0.2, 0) is 11.2 Å². The van der Waals surface area contributed by atoms with E-state index < -0.39 is 0 Å². The quantitative estimate of drug-likeness (QED) is 0.444. The molecule has 4 aromatic rings. The molecule has 144 valence electrons. The van der Waals surface area contributed by atoms with Crippen LogP contribution in [0, 0.1) is 0 Å². The highest BCUT2D eigenvalue weighted by molar-refractivity contribution is 6.32. The third-order valence-corrected chi connectivity index (χ3v) is 4.49. The molecular weight excluding hydrogens is 390 g/mol. The van der Waals surface area contributed by atoms with Crippen LogP contribution >= 0.6 is 11.6 Å². The number of hydrogen-bond donors (Lipinski definition) is 1. The van der Waals surface area contributed by atoms with E-state index in [1.54, 1.807) is 30.5 Å². The second-order valence-electron chi connectivity index (χ2n) is 6.17. The highest BCUT2D eigenvalue weighted by atomic mass is 35.5. The number of aromatic nitrogens is 2. The summed E-state index contributed by atoms with van der Waals surface area (Å²) in [7, 11) is 0. The number of hydrogen-bond acceptors (Lipinski definition) is 5. The van der Waals surface area contributed by atoms with E-state index in [-0.39, 0.29) is 5.91 Å². The number of amides is 1. The van der Waals surface area contributed by atoms with Gasteiger partial charge in [-0.15, -0.1) is 0 Å². The molecule has 1 N–H and O–H groups in total. The molecule has 29 heavy (non-hydrogen) atoms. The average molecular weight is 406 g/mol. The summed E-state index contributed by atoms with van der Waals surface area (Å²) in [5.41, 5.74) is 2.29. The van der Waals surface area contributed by atoms with E-state index in [9.17, 15) is 4.79 Å². The Morgan fingerprint density at radius 2 is 1.90 bits per heavy atom. The van der Waals surface area contributed by atoms with Crippen molar-refractivity contribution in [3.05, 3.63) is 95.0 Å². The van der Waals surface area contributed by atoms with E-state index >= 15 is 0 Å². The Labute approximate surface area is 171 Å². The maximum Gasteiger partial charge on any atom is 0.248 e. The number of nitrogens with zero attached hydrogens (tertiary/aromatic N) is 2. The van der Waals surface area contributed by atoms with Crippen LogP contribution < -0.4 is 5.32 Å². The Hall–Kier alpha value is -3.64. The molecular formula is C22H16ClN3O3. The third kappa shape index (κ3) is 4.62. The van der Waals surface area contributed by atoms with Crippen LogP contribution in [0.1, 0.15) is 17.0 Å². The minimum atomic E-state index is -0.265. The number of para-hydroxylation sites is 1. The Morgan fingerprint density at radius 3 is 2.72 bits per heavy atom. The van der Waals surface area contributed by atoms with E-state index in [4.69, 9.17) is 20.5 Å². The molecule has 2 heterocycles. The maximum atomic E-state index is 12.4. The van der Waals surface area contributed by atoms with Crippen molar-refractivity contribution in [1.82, 2.24) is 10.1 Å². The fourth-order valence-electron chi connectivity index (χ4n) is 2.74. The van der Waals surface area contributed by atoms with Crippen molar-refractivity contribution in [3.63, 3.8) is 0 Å². The standard InChI is InChI=1S/C22H16ClN3O3/c23-17-8-3-1-6-15(17)11-12-20(27)24-18-9-4-2-7-16(18)14-21-25-22(26-29-21)19-10-5-13-28-19/h1-13H,14H2,(H,24,27)/b12-11+. The molecule has 0 bridgehead atoms. The highest BCUT2D eigenvalue weighted by Crippen LogP contribution is 2.22. The first-order valence-corrected chi connectivity index (χ1v) is 9.25. The predicted octanol–water partition coefficient (Wildman–Crippen LogP) is 5.23. The molecule has 0 radical (unpaired) electrons. The van der Waals surface area contributed by atoms with E-state index in [2.05, 4.69) is 15.5 Å². The zero-order valence-corrected chi connectivity index (χ0v) is 16.0. The number of halogens is 1. The molecule has 2 aromatic heterocycles. The monoisotopic (exact) mass is 405 g/mol. The van der Waals surface area contributed by atoms with Gasteiger partial charge < -0.3 is 14.3 Å². The van der Waals surface area contributed by atoms with Gasteiger partial charge in [-0.3, -0.25) is 4.79 Å². The van der Waals surface area contributed by atoms with E-state index in [1.165, 1.54) is 6.08 Å². The van der Waals surface area contributed by atoms with Crippen molar-refractivity contribution in [2.75, 3.05) is 5.32 Å². The summed E-state index contributed by atoms with van der Waals surface area (Å²) in [4.78, 5) is 16.7. The molecule has 0 saturated heterocycles. The summed E-state index contributed by atoms with van der Waals surface area (Å²) in [6, 6.07) is 18.3. The Morgan fingerprint density at radius 1 is 1.07 bits per heavy atom. The highest BCUT2D eigenvalue weighted by Gasteiger charge is 2.13. The molecule has 0 fully saturated rings. The lowest BCUT2D eigenvalue weighted by molar-refractivity contribution is -0.111. The largest absolute Gasteiger partial charge is 0.461 e. The number of rotatable bonds is 6. The lowest BCUT2D eigenvalue weighted by Gasteiger charge is -2.08. The fourth-order valence-corrected chi connectivity index (χ4v) is 2.94. The summed E-state index contributed by atoms with van der Waals surface area (Å²) in [6.07, 6.45) is 5.04. The first kappa shape index (κ1) is 18.7. The van der Waals surface area contributed by atoms with Gasteiger partial charge in [-0.1, -0.05) is 53.2 Å². The number of carbonyl (C=O) groups is 1. The van der Waals surface area contributed by atoms with Gasteiger partial charge in [0.2, 0.25) is 17.6 Å². The van der Waals surface area contributed by atoms with Crippen molar-refractivity contribution in [2.24, 2.45) is 0 Å². The van der Waals surface area contributed by atoms with Crippen molar-refractivity contribution in [1.29, 1.82) is 0 Å². The normalized spacial score (nSPS) is 11.1. The third-order valence-electron chi connectivity index (χ3n) is 4.15. The molecule has 7 heteroatoms. The second-order valence-corrected chi connectivity index (χ2v) is 6.57. The number of carbonyl (C=O) groups excluding carboxylic acids is 1. The van der Waals surface area contributed by atoms with Crippen molar-refractivity contribution in [2.45, 2.75) is 6.42 Å². The Bertz CT molecular complexity index is 1150. The summed E-state index contributed by atoms with van der Waals surface area (Å²) in [5.74, 6) is 1.07. The van der Waals surface area contributed by atoms with Crippen molar-refractivity contribution < 1.29 is 13.7 Å². The fraction of sp³-hybridized carbons (Fsp3) is 0.0455. The van der Waals surface area contributed by atoms with Gasteiger partial charge in [0.25, 0.3) is 0 Å². The lowest BCUT2D eigenvalue weighted by Crippen LogP contribution is -2.10. The second kappa shape index (κ2) is 8.58. The van der Waals surface area contributed by atoms with Gasteiger partial charge in [-0.25, -0.2) is 0 Å². The van der Waals surface area contributed by atoms with Crippen LogP contribution in [0.4, 0.5) is 5.69 Å². The van der Waals surface area contributed by atoms with Gasteiger partial charge >= 0.3 is 0 Å². The van der Waals surface area contributed by atoms with E-state index in [0.29, 0.717) is 34.6 Å². The van der Waals surface area contributed by atoms with Gasteiger partial charge in [0.15, 0.2) is 5.76 Å². The number of benzene rings is 2. The molecule has 6 nitrogen and oxygen atoms in total. The SMILES string of the molecule is O=C(/C=C/c1ccccc1Cl)Nc1ccccc1Cc1nc(-c2ccco2)no1. The summed E-state index contributed by atoms with van der Waals surface area (Å²) < 4.78 is 10.6. The minimum Gasteiger partial charge on any atom is -0.461 e. The van der Waals surface area contributed by atoms with Gasteiger partial charge in [0, 0.05) is 16.8 Å². The van der Waals surface area contributed by atoms with Gasteiger partial charge in [-0.05, 0) is 41.5 Å². The summed E-state index contributed by atoms with van der Waals surface area (Å²) in [6.45, 7) is 0. The molecule has 0 atom stereocenters. The Balaban J connectivity index is 1.47. The number of nitrogens with one attached hydrogen (secondary N) is 1. The zero-order chi connectivity index (χ0) is 20.1. The molecule has 0 unspecified atom stereocenters. The number of furan rings is 1. The average Bonchev–Trinajstić information content (AvgIpc) is 3.41. The maximum absolute atomic E-state index is 12.4. The van der Waals surface area contributed by atoms with Crippen LogP contribution in [0.15, 0.2) is 81.9 Å². The Kier molecular flexibility index (Phi) is 5.54. The van der Waals surface area contributed by atoms with Gasteiger partial charge in [-0.2, -0.15) is 4.98 Å². The molecule has 0 spiro atoms. The minimum absolute atomic E-state index is 0.265. The van der Waals surface area contributed by atoms with Crippen molar-refractivity contribution >= 4 is 29.3 Å². The predicted molar refractivity (Wildman–Crippen MR) is 110 cm³/mol. The van der Waals surface area contributed by atoms with E-state index in [0.717, 1.165) is 11.1 Å². The number of anilines is 1. The van der Waals surface area contributed by atoms with Crippen molar-refractivity contribution in [3.8, 4) is 11.6 Å². The molecule has 2 aromatic carbocycles. The van der Waals surface area contributed by atoms with Crippen LogP contribution in [0.2, 0.25) is 5.02 Å². The first-order chi connectivity index (χ1) is 14.2. The smallest absolute Gasteiger partial charge is 0.248 e. The summed E-state index contributed by atoms with van der Waals surface area (Å²) >= 11 is 6.11. The van der Waals surface area contributed by atoms with Gasteiger partial charge in [0.05, 0.1) is 12.7 Å². The van der Waals surface area contributed by atoms with E-state index in [1.807, 2.05) is 42.5 Å². The van der Waals surface area contributed by atoms with Crippen LogP contribution in [-0.4, -0.2) is 16.0 Å². The van der Waals surface area contributed by atoms with Crippen LogP contribution in [0.25, 0.3) is 17.7 Å². The van der Waals surface area contributed by atoms with Gasteiger partial charge in [0.1, 0.15) is 0 Å². The molecule has 1 amide bonds. The van der Waals surface area contributed by atoms with Crippen LogP contribution in [0.3, 0.4) is 0 Å². The lowest BCUT2D eigenvalue weighted by atomic mass is 10.1. The molecule has 0 saturated carbocycles. The van der Waals surface area contributed by atoms with Crippen LogP contribution in [0.5, 0.6) is 0 Å².